The predicted molar refractivity (Wildman–Crippen MR) is 126 cm³/mol. The van der Waals surface area contributed by atoms with E-state index < -0.39 is 10.0 Å². The molecular formula is C24H28N6O3S. The number of fused-ring (bicyclic) bond motifs is 1. The van der Waals surface area contributed by atoms with Crippen LogP contribution < -0.4 is 0 Å². The zero-order valence-corrected chi connectivity index (χ0v) is 19.8. The number of sulfonamides is 1. The number of carbonyl (C=O) groups excluding carboxylic acids is 1. The highest BCUT2D eigenvalue weighted by Gasteiger charge is 2.30. The van der Waals surface area contributed by atoms with Gasteiger partial charge in [-0.25, -0.2) is 8.42 Å². The lowest BCUT2D eigenvalue weighted by molar-refractivity contribution is -0.132. The van der Waals surface area contributed by atoms with Crippen LogP contribution in [-0.2, 0) is 34.2 Å². The van der Waals surface area contributed by atoms with E-state index >= 15 is 0 Å². The number of amides is 1. The van der Waals surface area contributed by atoms with E-state index in [1.54, 1.807) is 11.0 Å². The van der Waals surface area contributed by atoms with Gasteiger partial charge < -0.3 is 4.90 Å². The van der Waals surface area contributed by atoms with E-state index in [4.69, 9.17) is 0 Å². The largest absolute Gasteiger partial charge is 0.340 e. The van der Waals surface area contributed by atoms with Gasteiger partial charge in [-0.1, -0.05) is 36.4 Å². The molecule has 0 radical (unpaired) electrons. The number of tetrazole rings is 1. The van der Waals surface area contributed by atoms with Crippen molar-refractivity contribution in [1.29, 1.82) is 0 Å². The van der Waals surface area contributed by atoms with Gasteiger partial charge in [0.25, 0.3) is 0 Å². The van der Waals surface area contributed by atoms with E-state index in [0.29, 0.717) is 56.3 Å². The molecule has 0 saturated carbocycles. The average Bonchev–Trinajstić information content (AvgIpc) is 3.54. The Morgan fingerprint density at radius 3 is 2.50 bits per heavy atom. The van der Waals surface area contributed by atoms with Crippen molar-refractivity contribution in [2.24, 2.45) is 0 Å². The van der Waals surface area contributed by atoms with Gasteiger partial charge in [0, 0.05) is 38.2 Å². The summed E-state index contributed by atoms with van der Waals surface area (Å²) >= 11 is 0. The smallest absolute Gasteiger partial charge is 0.243 e. The molecule has 9 nitrogen and oxygen atoms in total. The van der Waals surface area contributed by atoms with Crippen molar-refractivity contribution in [3.8, 4) is 11.4 Å². The molecule has 1 saturated heterocycles. The van der Waals surface area contributed by atoms with Crippen molar-refractivity contribution in [3.63, 3.8) is 0 Å². The summed E-state index contributed by atoms with van der Waals surface area (Å²) in [6.07, 6.45) is 4.01. The number of hydrogen-bond acceptors (Lipinski definition) is 6. The van der Waals surface area contributed by atoms with Gasteiger partial charge >= 0.3 is 0 Å². The third kappa shape index (κ3) is 4.74. The summed E-state index contributed by atoms with van der Waals surface area (Å²) in [6, 6.07) is 15.1. The summed E-state index contributed by atoms with van der Waals surface area (Å²) in [5.74, 6) is 0.589. The molecule has 5 rings (SSSR count). The number of hydrogen-bond donors (Lipinski definition) is 0. The summed E-state index contributed by atoms with van der Waals surface area (Å²) in [7, 11) is -3.54. The Labute approximate surface area is 199 Å². The molecule has 1 aliphatic carbocycles. The number of benzene rings is 2. The summed E-state index contributed by atoms with van der Waals surface area (Å²) in [4.78, 5) is 16.3. The highest BCUT2D eigenvalue weighted by atomic mass is 32.2. The molecule has 10 heteroatoms. The molecule has 0 bridgehead atoms. The van der Waals surface area contributed by atoms with Gasteiger partial charge in [-0.3, -0.25) is 4.79 Å². The third-order valence-electron chi connectivity index (χ3n) is 6.53. The van der Waals surface area contributed by atoms with Crippen LogP contribution in [0.2, 0.25) is 0 Å². The SMILES string of the molecule is O=C(CCCn1nnc(-c2ccccc2)n1)N1CCN(S(=O)(=O)c2ccc3c(c2)CCC3)CC1. The first-order valence-electron chi connectivity index (χ1n) is 11.7. The Kier molecular flexibility index (Phi) is 6.42. The Bertz CT molecular complexity index is 1270. The van der Waals surface area contributed by atoms with Crippen molar-refractivity contribution < 1.29 is 13.2 Å². The van der Waals surface area contributed by atoms with Crippen molar-refractivity contribution in [2.45, 2.75) is 43.5 Å². The standard InChI is InChI=1S/C24H28N6O3S/c31-23(10-5-13-30-26-24(25-27-30)20-6-2-1-3-7-20)28-14-16-29(17-15-28)34(32,33)22-12-11-19-8-4-9-21(19)18-22/h1-3,6-7,11-12,18H,4-5,8-10,13-17H2. The lowest BCUT2D eigenvalue weighted by Crippen LogP contribution is -2.50. The highest BCUT2D eigenvalue weighted by molar-refractivity contribution is 7.89. The van der Waals surface area contributed by atoms with Crippen molar-refractivity contribution in [1.82, 2.24) is 29.4 Å². The van der Waals surface area contributed by atoms with Gasteiger partial charge in [0.15, 0.2) is 0 Å². The zero-order chi connectivity index (χ0) is 23.5. The normalized spacial score (nSPS) is 16.5. The predicted octanol–water partition coefficient (Wildman–Crippen LogP) is 2.14. The fourth-order valence-electron chi connectivity index (χ4n) is 4.61. The lowest BCUT2D eigenvalue weighted by Gasteiger charge is -2.34. The maximum absolute atomic E-state index is 13.1. The van der Waals surface area contributed by atoms with Gasteiger partial charge in [-0.2, -0.15) is 9.10 Å². The van der Waals surface area contributed by atoms with Crippen LogP contribution in [0.1, 0.15) is 30.4 Å². The molecule has 34 heavy (non-hydrogen) atoms. The maximum atomic E-state index is 13.1. The first kappa shape index (κ1) is 22.7. The second-order valence-electron chi connectivity index (χ2n) is 8.75. The van der Waals surface area contributed by atoms with Crippen LogP contribution in [0.3, 0.4) is 0 Å². The van der Waals surface area contributed by atoms with E-state index in [9.17, 15) is 13.2 Å². The number of piperazine rings is 1. The van der Waals surface area contributed by atoms with Crippen LogP contribution >= 0.6 is 0 Å². The maximum Gasteiger partial charge on any atom is 0.243 e. The van der Waals surface area contributed by atoms with Gasteiger partial charge in [-0.05, 0) is 54.2 Å². The molecule has 1 aliphatic heterocycles. The van der Waals surface area contributed by atoms with Crippen molar-refractivity contribution in [2.75, 3.05) is 26.2 Å². The molecule has 2 aromatic carbocycles. The molecule has 0 spiro atoms. The van der Waals surface area contributed by atoms with E-state index in [1.807, 2.05) is 42.5 Å². The van der Waals surface area contributed by atoms with E-state index in [0.717, 1.165) is 30.4 Å². The van der Waals surface area contributed by atoms with Crippen LogP contribution in [0.4, 0.5) is 0 Å². The number of rotatable bonds is 7. The molecule has 1 aromatic heterocycles. The Morgan fingerprint density at radius 2 is 1.71 bits per heavy atom. The number of aromatic nitrogens is 4. The first-order valence-corrected chi connectivity index (χ1v) is 13.2. The highest BCUT2D eigenvalue weighted by Crippen LogP contribution is 2.26. The van der Waals surface area contributed by atoms with Gasteiger partial charge in [0.05, 0.1) is 11.4 Å². The summed E-state index contributed by atoms with van der Waals surface area (Å²) in [5, 5.41) is 12.5. The van der Waals surface area contributed by atoms with Crippen LogP contribution in [0.25, 0.3) is 11.4 Å². The molecule has 1 amide bonds. The molecule has 0 unspecified atom stereocenters. The van der Waals surface area contributed by atoms with Crippen molar-refractivity contribution in [3.05, 3.63) is 59.7 Å². The minimum atomic E-state index is -3.54. The number of carbonyl (C=O) groups is 1. The minimum Gasteiger partial charge on any atom is -0.340 e. The molecule has 3 aromatic rings. The Morgan fingerprint density at radius 1 is 0.941 bits per heavy atom. The fraction of sp³-hybridized carbons (Fsp3) is 0.417. The number of nitrogens with zero attached hydrogens (tertiary/aromatic N) is 6. The fourth-order valence-corrected chi connectivity index (χ4v) is 6.08. The second kappa shape index (κ2) is 9.63. The number of aryl methyl sites for hydroxylation is 3. The topological polar surface area (TPSA) is 101 Å². The Hall–Kier alpha value is -3.11. The molecule has 0 N–H and O–H groups in total. The quantitative estimate of drug-likeness (QED) is 0.514. The zero-order valence-electron chi connectivity index (χ0n) is 19.0. The van der Waals surface area contributed by atoms with Gasteiger partial charge in [-0.15, -0.1) is 10.2 Å². The molecular weight excluding hydrogens is 452 g/mol. The molecule has 0 atom stereocenters. The van der Waals surface area contributed by atoms with Gasteiger partial charge in [0.1, 0.15) is 0 Å². The second-order valence-corrected chi connectivity index (χ2v) is 10.7. The van der Waals surface area contributed by atoms with Crippen LogP contribution in [0.15, 0.2) is 53.4 Å². The van der Waals surface area contributed by atoms with E-state index in [-0.39, 0.29) is 5.91 Å². The summed E-state index contributed by atoms with van der Waals surface area (Å²) < 4.78 is 27.7. The van der Waals surface area contributed by atoms with E-state index in [2.05, 4.69) is 15.4 Å². The molecule has 2 heterocycles. The van der Waals surface area contributed by atoms with Gasteiger partial charge in [0.2, 0.25) is 21.8 Å². The minimum absolute atomic E-state index is 0.0259. The molecule has 178 valence electrons. The molecule has 2 aliphatic rings. The summed E-state index contributed by atoms with van der Waals surface area (Å²) in [5.41, 5.74) is 3.30. The van der Waals surface area contributed by atoms with Crippen molar-refractivity contribution >= 4 is 15.9 Å². The van der Waals surface area contributed by atoms with E-state index in [1.165, 1.54) is 14.7 Å². The van der Waals surface area contributed by atoms with Crippen LogP contribution in [0.5, 0.6) is 0 Å². The Balaban J connectivity index is 1.10. The monoisotopic (exact) mass is 480 g/mol. The average molecular weight is 481 g/mol. The lowest BCUT2D eigenvalue weighted by atomic mass is 10.1. The molecule has 1 fully saturated rings. The summed E-state index contributed by atoms with van der Waals surface area (Å²) in [6.45, 7) is 1.94. The first-order chi connectivity index (χ1) is 16.5. The third-order valence-corrected chi connectivity index (χ3v) is 8.43. The van der Waals surface area contributed by atoms with Crippen LogP contribution in [-0.4, -0.2) is 69.9 Å². The van der Waals surface area contributed by atoms with Crippen LogP contribution in [0, 0.1) is 0 Å².